The first-order valence-corrected chi connectivity index (χ1v) is 8.11. The minimum absolute atomic E-state index is 0.147. The standard InChI is InChI=1S/C17H25N3O/c21-17(13-18-12-14-6-7-14)19-15-8-10-20(11-9-15)16-4-2-1-3-5-16/h1-5,14-15,18H,6-13H2,(H,19,21). The molecule has 1 aromatic carbocycles. The molecule has 1 amide bonds. The Bertz CT molecular complexity index is 450. The molecule has 114 valence electrons. The first-order valence-electron chi connectivity index (χ1n) is 8.11. The highest BCUT2D eigenvalue weighted by molar-refractivity contribution is 5.78. The molecule has 3 rings (SSSR count). The lowest BCUT2D eigenvalue weighted by Gasteiger charge is -2.34. The fourth-order valence-corrected chi connectivity index (χ4v) is 2.91. The van der Waals surface area contributed by atoms with Crippen LogP contribution in [0.25, 0.3) is 0 Å². The highest BCUT2D eigenvalue weighted by Crippen LogP contribution is 2.27. The van der Waals surface area contributed by atoms with Gasteiger partial charge in [-0.2, -0.15) is 0 Å². The molecule has 0 unspecified atom stereocenters. The molecule has 21 heavy (non-hydrogen) atoms. The van der Waals surface area contributed by atoms with Crippen LogP contribution >= 0.6 is 0 Å². The molecular weight excluding hydrogens is 262 g/mol. The zero-order chi connectivity index (χ0) is 14.5. The van der Waals surface area contributed by atoms with Crippen LogP contribution in [0.5, 0.6) is 0 Å². The van der Waals surface area contributed by atoms with Crippen molar-refractivity contribution >= 4 is 11.6 Å². The number of para-hydroxylation sites is 1. The largest absolute Gasteiger partial charge is 0.371 e. The second-order valence-corrected chi connectivity index (χ2v) is 6.24. The quantitative estimate of drug-likeness (QED) is 0.838. The second-order valence-electron chi connectivity index (χ2n) is 6.24. The van der Waals surface area contributed by atoms with Gasteiger partial charge in [-0.25, -0.2) is 0 Å². The van der Waals surface area contributed by atoms with E-state index >= 15 is 0 Å². The molecule has 2 aliphatic rings. The molecular formula is C17H25N3O. The summed E-state index contributed by atoms with van der Waals surface area (Å²) in [4.78, 5) is 14.3. The molecule has 0 atom stereocenters. The number of nitrogens with one attached hydrogen (secondary N) is 2. The van der Waals surface area contributed by atoms with Crippen LogP contribution in [0.2, 0.25) is 0 Å². The average molecular weight is 287 g/mol. The summed E-state index contributed by atoms with van der Waals surface area (Å²) in [6.07, 6.45) is 4.71. The van der Waals surface area contributed by atoms with Crippen molar-refractivity contribution in [3.05, 3.63) is 30.3 Å². The van der Waals surface area contributed by atoms with Crippen LogP contribution in [0.15, 0.2) is 30.3 Å². The molecule has 0 aromatic heterocycles. The number of anilines is 1. The Labute approximate surface area is 126 Å². The Hall–Kier alpha value is -1.55. The molecule has 1 aliphatic heterocycles. The summed E-state index contributed by atoms with van der Waals surface area (Å²) in [5.74, 6) is 0.973. The van der Waals surface area contributed by atoms with Gasteiger partial charge in [-0.15, -0.1) is 0 Å². The molecule has 1 aliphatic carbocycles. The highest BCUT2D eigenvalue weighted by atomic mass is 16.1. The van der Waals surface area contributed by atoms with Gasteiger partial charge in [-0.1, -0.05) is 18.2 Å². The molecule has 2 N–H and O–H groups in total. The number of carbonyl (C=O) groups excluding carboxylic acids is 1. The predicted molar refractivity (Wildman–Crippen MR) is 85.4 cm³/mol. The van der Waals surface area contributed by atoms with Crippen molar-refractivity contribution in [3.8, 4) is 0 Å². The number of hydrogen-bond donors (Lipinski definition) is 2. The molecule has 4 nitrogen and oxygen atoms in total. The molecule has 1 heterocycles. The molecule has 0 radical (unpaired) electrons. The van der Waals surface area contributed by atoms with Gasteiger partial charge in [0.25, 0.3) is 0 Å². The lowest BCUT2D eigenvalue weighted by Crippen LogP contribution is -2.47. The van der Waals surface area contributed by atoms with Crippen LogP contribution in [-0.4, -0.2) is 38.1 Å². The average Bonchev–Trinajstić information content (AvgIpc) is 3.33. The van der Waals surface area contributed by atoms with Crippen molar-refractivity contribution < 1.29 is 4.79 Å². The summed E-state index contributed by atoms with van der Waals surface area (Å²) >= 11 is 0. The molecule has 4 heteroatoms. The number of hydrogen-bond acceptors (Lipinski definition) is 3. The van der Waals surface area contributed by atoms with E-state index in [1.165, 1.54) is 18.5 Å². The minimum atomic E-state index is 0.147. The van der Waals surface area contributed by atoms with Gasteiger partial charge in [0.2, 0.25) is 5.91 Å². The fraction of sp³-hybridized carbons (Fsp3) is 0.588. The van der Waals surface area contributed by atoms with Gasteiger partial charge in [0.05, 0.1) is 6.54 Å². The number of nitrogens with zero attached hydrogens (tertiary/aromatic N) is 1. The van der Waals surface area contributed by atoms with Gasteiger partial charge in [-0.05, 0) is 50.3 Å². The van der Waals surface area contributed by atoms with Gasteiger partial charge in [0, 0.05) is 24.8 Å². The smallest absolute Gasteiger partial charge is 0.234 e. The number of carbonyl (C=O) groups is 1. The van der Waals surface area contributed by atoms with Gasteiger partial charge in [-0.3, -0.25) is 4.79 Å². The minimum Gasteiger partial charge on any atom is -0.371 e. The van der Waals surface area contributed by atoms with E-state index in [1.54, 1.807) is 0 Å². The summed E-state index contributed by atoms with van der Waals surface area (Å²) in [7, 11) is 0. The van der Waals surface area contributed by atoms with Crippen molar-refractivity contribution in [3.63, 3.8) is 0 Å². The summed E-state index contributed by atoms with van der Waals surface area (Å²) in [6.45, 7) is 3.50. The number of piperidine rings is 1. The van der Waals surface area contributed by atoms with E-state index in [0.717, 1.165) is 38.4 Å². The van der Waals surface area contributed by atoms with Crippen LogP contribution < -0.4 is 15.5 Å². The number of amides is 1. The normalized spacial score (nSPS) is 19.5. The van der Waals surface area contributed by atoms with Crippen LogP contribution in [0.1, 0.15) is 25.7 Å². The molecule has 1 aromatic rings. The summed E-state index contributed by atoms with van der Waals surface area (Å²) in [5, 5.41) is 6.41. The maximum atomic E-state index is 11.9. The van der Waals surface area contributed by atoms with Crippen molar-refractivity contribution in [1.82, 2.24) is 10.6 Å². The molecule has 1 saturated heterocycles. The Morgan fingerprint density at radius 1 is 1.10 bits per heavy atom. The molecule has 0 spiro atoms. The Morgan fingerprint density at radius 3 is 2.48 bits per heavy atom. The van der Waals surface area contributed by atoms with Crippen LogP contribution in [-0.2, 0) is 4.79 Å². The van der Waals surface area contributed by atoms with Gasteiger partial charge >= 0.3 is 0 Å². The first kappa shape index (κ1) is 14.4. The Balaban J connectivity index is 1.36. The third kappa shape index (κ3) is 4.46. The highest BCUT2D eigenvalue weighted by Gasteiger charge is 2.22. The monoisotopic (exact) mass is 287 g/mol. The zero-order valence-corrected chi connectivity index (χ0v) is 12.6. The van der Waals surface area contributed by atoms with Crippen LogP contribution in [0.4, 0.5) is 5.69 Å². The maximum absolute atomic E-state index is 11.9. The van der Waals surface area contributed by atoms with Crippen molar-refractivity contribution in [2.24, 2.45) is 5.92 Å². The molecule has 1 saturated carbocycles. The van der Waals surface area contributed by atoms with Crippen molar-refractivity contribution in [2.75, 3.05) is 31.1 Å². The molecule has 2 fully saturated rings. The molecule has 0 bridgehead atoms. The van der Waals surface area contributed by atoms with E-state index in [-0.39, 0.29) is 5.91 Å². The lowest BCUT2D eigenvalue weighted by molar-refractivity contribution is -0.121. The third-order valence-electron chi connectivity index (χ3n) is 4.40. The summed E-state index contributed by atoms with van der Waals surface area (Å²) in [5.41, 5.74) is 1.29. The number of benzene rings is 1. The van der Waals surface area contributed by atoms with Gasteiger partial charge in [0.15, 0.2) is 0 Å². The predicted octanol–water partition coefficient (Wildman–Crippen LogP) is 1.77. The maximum Gasteiger partial charge on any atom is 0.234 e. The van der Waals surface area contributed by atoms with Gasteiger partial charge < -0.3 is 15.5 Å². The topological polar surface area (TPSA) is 44.4 Å². The fourth-order valence-electron chi connectivity index (χ4n) is 2.91. The van der Waals surface area contributed by atoms with E-state index in [4.69, 9.17) is 0 Å². The first-order chi connectivity index (χ1) is 10.3. The lowest BCUT2D eigenvalue weighted by atomic mass is 10.0. The Kier molecular flexibility index (Phi) is 4.76. The summed E-state index contributed by atoms with van der Waals surface area (Å²) < 4.78 is 0. The Morgan fingerprint density at radius 2 is 1.81 bits per heavy atom. The van der Waals surface area contributed by atoms with Crippen molar-refractivity contribution in [1.29, 1.82) is 0 Å². The van der Waals surface area contributed by atoms with E-state index in [9.17, 15) is 4.79 Å². The van der Waals surface area contributed by atoms with Gasteiger partial charge in [0.1, 0.15) is 0 Å². The third-order valence-corrected chi connectivity index (χ3v) is 4.40. The zero-order valence-electron chi connectivity index (χ0n) is 12.6. The summed E-state index contributed by atoms with van der Waals surface area (Å²) in [6, 6.07) is 10.8. The number of rotatable bonds is 6. The van der Waals surface area contributed by atoms with Crippen LogP contribution in [0, 0.1) is 5.92 Å². The van der Waals surface area contributed by atoms with E-state index < -0.39 is 0 Å². The van der Waals surface area contributed by atoms with E-state index in [1.807, 2.05) is 6.07 Å². The van der Waals surface area contributed by atoms with E-state index in [2.05, 4.69) is 39.8 Å². The van der Waals surface area contributed by atoms with Crippen molar-refractivity contribution in [2.45, 2.75) is 31.7 Å². The van der Waals surface area contributed by atoms with E-state index in [0.29, 0.717) is 12.6 Å². The second kappa shape index (κ2) is 6.94. The SMILES string of the molecule is O=C(CNCC1CC1)NC1CCN(c2ccccc2)CC1. The van der Waals surface area contributed by atoms with Crippen LogP contribution in [0.3, 0.4) is 0 Å².